The Bertz CT molecular complexity index is 211. The van der Waals surface area contributed by atoms with Crippen LogP contribution < -0.4 is 10.8 Å². The molecule has 1 rings (SSSR count). The zero-order valence-electron chi connectivity index (χ0n) is 10.1. The summed E-state index contributed by atoms with van der Waals surface area (Å²) in [5, 5.41) is 3.20. The fraction of sp³-hybridized carbons (Fsp3) is 0.909. The van der Waals surface area contributed by atoms with Crippen LogP contribution in [0.2, 0.25) is 0 Å². The van der Waals surface area contributed by atoms with E-state index < -0.39 is 0 Å². The molecule has 5 heteroatoms. The van der Waals surface area contributed by atoms with Crippen LogP contribution >= 0.6 is 0 Å². The molecule has 2 atom stereocenters. The fourth-order valence-corrected chi connectivity index (χ4v) is 1.89. The van der Waals surface area contributed by atoms with E-state index in [9.17, 15) is 4.79 Å². The molecular weight excluding hydrogens is 208 g/mol. The van der Waals surface area contributed by atoms with Gasteiger partial charge in [-0.1, -0.05) is 13.3 Å². The Labute approximate surface area is 96.8 Å². The molecule has 0 bridgehead atoms. The smallest absolute Gasteiger partial charge is 0.260 e. The van der Waals surface area contributed by atoms with Crippen molar-refractivity contribution in [2.24, 2.45) is 5.92 Å². The number of hydrogen-bond acceptors (Lipinski definition) is 4. The van der Waals surface area contributed by atoms with Crippen LogP contribution in [0.4, 0.5) is 0 Å². The average molecular weight is 230 g/mol. The van der Waals surface area contributed by atoms with Gasteiger partial charge in [-0.25, -0.2) is 5.48 Å². The normalized spacial score (nSPS) is 25.4. The van der Waals surface area contributed by atoms with Gasteiger partial charge in [0.05, 0.1) is 19.3 Å². The molecule has 1 fully saturated rings. The van der Waals surface area contributed by atoms with E-state index in [0.717, 1.165) is 25.8 Å². The lowest BCUT2D eigenvalue weighted by Gasteiger charge is -2.28. The molecule has 1 aliphatic heterocycles. The maximum atomic E-state index is 11.7. The van der Waals surface area contributed by atoms with E-state index in [4.69, 9.17) is 9.57 Å². The van der Waals surface area contributed by atoms with Gasteiger partial charge in [-0.2, -0.15) is 0 Å². The van der Waals surface area contributed by atoms with Crippen LogP contribution in [0, 0.1) is 5.92 Å². The van der Waals surface area contributed by atoms with E-state index in [1.807, 2.05) is 0 Å². The second-order valence-corrected chi connectivity index (χ2v) is 4.11. The van der Waals surface area contributed by atoms with Crippen molar-refractivity contribution in [3.05, 3.63) is 0 Å². The van der Waals surface area contributed by atoms with Crippen LogP contribution in [0.1, 0.15) is 26.2 Å². The predicted molar refractivity (Wildman–Crippen MR) is 60.8 cm³/mol. The van der Waals surface area contributed by atoms with E-state index in [1.165, 1.54) is 0 Å². The first-order valence-corrected chi connectivity index (χ1v) is 5.91. The number of carbonyl (C=O) groups excluding carboxylic acids is 1. The molecule has 0 aromatic rings. The summed E-state index contributed by atoms with van der Waals surface area (Å²) in [5.74, 6) is 0.574. The fourth-order valence-electron chi connectivity index (χ4n) is 1.89. The average Bonchev–Trinajstić information content (AvgIpc) is 2.34. The van der Waals surface area contributed by atoms with Crippen molar-refractivity contribution in [3.63, 3.8) is 0 Å². The molecule has 0 aliphatic carbocycles. The Balaban J connectivity index is 2.19. The number of hydrogen-bond donors (Lipinski definition) is 2. The van der Waals surface area contributed by atoms with Crippen LogP contribution in [0.3, 0.4) is 0 Å². The monoisotopic (exact) mass is 230 g/mol. The van der Waals surface area contributed by atoms with Gasteiger partial charge in [-0.3, -0.25) is 9.63 Å². The summed E-state index contributed by atoms with van der Waals surface area (Å²) in [6, 6.07) is -0.110. The van der Waals surface area contributed by atoms with Crippen LogP contribution in [0.25, 0.3) is 0 Å². The molecule has 2 unspecified atom stereocenters. The van der Waals surface area contributed by atoms with E-state index in [-0.39, 0.29) is 11.9 Å². The minimum atomic E-state index is -0.110. The summed E-state index contributed by atoms with van der Waals surface area (Å²) >= 11 is 0. The highest BCUT2D eigenvalue weighted by Gasteiger charge is 2.25. The number of carbonyl (C=O) groups is 1. The molecule has 1 saturated heterocycles. The maximum absolute atomic E-state index is 11.7. The number of nitrogens with one attached hydrogen (secondary N) is 2. The summed E-state index contributed by atoms with van der Waals surface area (Å²) in [6.07, 6.45) is 3.19. The van der Waals surface area contributed by atoms with Gasteiger partial charge in [0.15, 0.2) is 0 Å². The van der Waals surface area contributed by atoms with Gasteiger partial charge in [0.2, 0.25) is 0 Å². The van der Waals surface area contributed by atoms with Gasteiger partial charge in [-0.05, 0) is 25.3 Å². The lowest BCUT2D eigenvalue weighted by Crippen LogP contribution is -2.48. The van der Waals surface area contributed by atoms with Crippen LogP contribution in [0.5, 0.6) is 0 Å². The van der Waals surface area contributed by atoms with Crippen LogP contribution in [-0.4, -0.2) is 38.8 Å². The summed E-state index contributed by atoms with van der Waals surface area (Å²) in [7, 11) is 1.60. The molecule has 16 heavy (non-hydrogen) atoms. The molecule has 0 aromatic carbocycles. The van der Waals surface area contributed by atoms with Gasteiger partial charge in [0, 0.05) is 7.11 Å². The molecule has 0 spiro atoms. The number of rotatable bonds is 6. The van der Waals surface area contributed by atoms with E-state index in [0.29, 0.717) is 19.1 Å². The second kappa shape index (κ2) is 7.60. The van der Waals surface area contributed by atoms with Crippen LogP contribution in [-0.2, 0) is 14.4 Å². The first-order valence-electron chi connectivity index (χ1n) is 5.91. The van der Waals surface area contributed by atoms with E-state index in [2.05, 4.69) is 17.7 Å². The highest BCUT2D eigenvalue weighted by molar-refractivity contribution is 5.80. The number of methoxy groups -OCH3 is 1. The highest BCUT2D eigenvalue weighted by atomic mass is 16.7. The Kier molecular flexibility index (Phi) is 6.37. The van der Waals surface area contributed by atoms with Crippen molar-refractivity contribution in [2.75, 3.05) is 26.9 Å². The third-order valence-corrected chi connectivity index (χ3v) is 2.97. The third kappa shape index (κ3) is 4.47. The minimum absolute atomic E-state index is 0.0748. The largest absolute Gasteiger partial charge is 0.382 e. The zero-order chi connectivity index (χ0) is 11.8. The quantitative estimate of drug-likeness (QED) is 0.514. The summed E-state index contributed by atoms with van der Waals surface area (Å²) < 4.78 is 4.81. The lowest BCUT2D eigenvalue weighted by atomic mass is 9.90. The summed E-state index contributed by atoms with van der Waals surface area (Å²) in [5.41, 5.74) is 2.45. The predicted octanol–water partition coefficient (Wildman–Crippen LogP) is 0.459. The molecule has 2 N–H and O–H groups in total. The van der Waals surface area contributed by atoms with Crippen molar-refractivity contribution in [3.8, 4) is 0 Å². The molecule has 0 aromatic heterocycles. The molecule has 0 radical (unpaired) electrons. The molecule has 1 amide bonds. The standard InChI is InChI=1S/C11H22N2O3/c1-3-9-4-5-12-10(8-9)11(14)13-16-7-6-15-2/h9-10,12H,3-8H2,1-2H3,(H,13,14). The number of amides is 1. The van der Waals surface area contributed by atoms with Gasteiger partial charge >= 0.3 is 0 Å². The zero-order valence-corrected chi connectivity index (χ0v) is 10.1. The Morgan fingerprint density at radius 1 is 1.50 bits per heavy atom. The molecule has 94 valence electrons. The Morgan fingerprint density at radius 2 is 2.31 bits per heavy atom. The van der Waals surface area contributed by atoms with Gasteiger partial charge < -0.3 is 10.1 Å². The number of piperidine rings is 1. The topological polar surface area (TPSA) is 59.6 Å². The Hall–Kier alpha value is -0.650. The summed E-state index contributed by atoms with van der Waals surface area (Å²) in [4.78, 5) is 16.7. The molecule has 1 heterocycles. The SMILES string of the molecule is CCC1CCNC(C(=O)NOCCOC)C1. The third-order valence-electron chi connectivity index (χ3n) is 2.97. The Morgan fingerprint density at radius 3 is 3.00 bits per heavy atom. The summed E-state index contributed by atoms with van der Waals surface area (Å²) in [6.45, 7) is 3.94. The van der Waals surface area contributed by atoms with E-state index >= 15 is 0 Å². The van der Waals surface area contributed by atoms with Gasteiger partial charge in [-0.15, -0.1) is 0 Å². The highest BCUT2D eigenvalue weighted by Crippen LogP contribution is 2.19. The lowest BCUT2D eigenvalue weighted by molar-refractivity contribution is -0.137. The van der Waals surface area contributed by atoms with Crippen molar-refractivity contribution in [2.45, 2.75) is 32.2 Å². The first kappa shape index (κ1) is 13.4. The number of ether oxygens (including phenoxy) is 1. The van der Waals surface area contributed by atoms with Crippen LogP contribution in [0.15, 0.2) is 0 Å². The van der Waals surface area contributed by atoms with Crippen molar-refractivity contribution in [1.82, 2.24) is 10.8 Å². The molecule has 5 nitrogen and oxygen atoms in total. The van der Waals surface area contributed by atoms with Crippen molar-refractivity contribution in [1.29, 1.82) is 0 Å². The second-order valence-electron chi connectivity index (χ2n) is 4.11. The molecule has 0 saturated carbocycles. The van der Waals surface area contributed by atoms with E-state index in [1.54, 1.807) is 7.11 Å². The maximum Gasteiger partial charge on any atom is 0.260 e. The first-order chi connectivity index (χ1) is 7.77. The van der Waals surface area contributed by atoms with Crippen molar-refractivity contribution < 1.29 is 14.4 Å². The van der Waals surface area contributed by atoms with Crippen molar-refractivity contribution >= 4 is 5.91 Å². The minimum Gasteiger partial charge on any atom is -0.382 e. The van der Waals surface area contributed by atoms with Gasteiger partial charge in [0.1, 0.15) is 0 Å². The number of hydroxylamine groups is 1. The van der Waals surface area contributed by atoms with Gasteiger partial charge in [0.25, 0.3) is 5.91 Å². The molecule has 1 aliphatic rings. The molecular formula is C11H22N2O3.